The first-order chi connectivity index (χ1) is 32.0. The predicted molar refractivity (Wildman–Crippen MR) is 279 cm³/mol. The third-order valence-corrected chi connectivity index (χ3v) is 10.8. The second-order valence-electron chi connectivity index (χ2n) is 17.1. The van der Waals surface area contributed by atoms with Crippen LogP contribution in [0.5, 0.6) is 0 Å². The quantitative estimate of drug-likeness (QED) is 0.0262. The Morgan fingerprint density at radius 2 is 0.646 bits per heavy atom. The molecule has 0 fully saturated rings. The molecule has 0 amide bonds. The molecule has 0 N–H and O–H groups in total. The van der Waals surface area contributed by atoms with Gasteiger partial charge < -0.3 is 14.2 Å². The number of allylic oxidation sites excluding steroid dienone is 17. The zero-order valence-electron chi connectivity index (χ0n) is 42.0. The minimum absolute atomic E-state index is 0.0889. The Labute approximate surface area is 400 Å². The van der Waals surface area contributed by atoms with Crippen molar-refractivity contribution in [2.75, 3.05) is 13.2 Å². The summed E-state index contributed by atoms with van der Waals surface area (Å²) in [5.41, 5.74) is 0. The average Bonchev–Trinajstić information content (AvgIpc) is 3.30. The number of hydrogen-bond donors (Lipinski definition) is 0. The van der Waals surface area contributed by atoms with E-state index in [1.807, 2.05) is 6.08 Å². The first-order valence-electron chi connectivity index (χ1n) is 26.4. The van der Waals surface area contributed by atoms with Gasteiger partial charge in [-0.05, 0) is 109 Å². The molecule has 6 nitrogen and oxygen atoms in total. The Balaban J connectivity index is 4.53. The van der Waals surface area contributed by atoms with E-state index in [9.17, 15) is 14.4 Å². The Bertz CT molecular complexity index is 1360. The van der Waals surface area contributed by atoms with E-state index in [0.717, 1.165) is 103 Å². The van der Waals surface area contributed by atoms with Gasteiger partial charge >= 0.3 is 17.9 Å². The molecule has 0 saturated heterocycles. The van der Waals surface area contributed by atoms with Gasteiger partial charge in [0, 0.05) is 12.8 Å². The molecule has 0 radical (unpaired) electrons. The van der Waals surface area contributed by atoms with Crippen molar-refractivity contribution in [1.29, 1.82) is 0 Å². The topological polar surface area (TPSA) is 78.9 Å². The monoisotopic (exact) mass is 901 g/mol. The number of carbonyl (C=O) groups excluding carboxylic acids is 3. The Hall–Kier alpha value is -3.93. The van der Waals surface area contributed by atoms with Gasteiger partial charge in [-0.1, -0.05) is 207 Å². The summed E-state index contributed by atoms with van der Waals surface area (Å²) < 4.78 is 16.7. The zero-order chi connectivity index (χ0) is 47.2. The summed E-state index contributed by atoms with van der Waals surface area (Å²) in [6.45, 7) is 6.37. The molecule has 0 rings (SSSR count). The molecular formula is C59H96O6. The fraction of sp³-hybridized carbons (Fsp3) is 0.644. The lowest BCUT2D eigenvalue weighted by atomic mass is 10.1. The molecule has 0 aromatic carbocycles. The Morgan fingerprint density at radius 3 is 1.06 bits per heavy atom. The number of rotatable bonds is 46. The minimum Gasteiger partial charge on any atom is -0.462 e. The molecule has 368 valence electrons. The summed E-state index contributed by atoms with van der Waals surface area (Å²) in [4.78, 5) is 37.9. The minimum atomic E-state index is -0.842. The highest BCUT2D eigenvalue weighted by molar-refractivity contribution is 5.72. The van der Waals surface area contributed by atoms with Gasteiger partial charge in [0.15, 0.2) is 6.10 Å². The van der Waals surface area contributed by atoms with Crippen LogP contribution in [0.15, 0.2) is 109 Å². The van der Waals surface area contributed by atoms with Crippen molar-refractivity contribution >= 4 is 17.9 Å². The summed E-state index contributed by atoms with van der Waals surface area (Å²) in [6, 6.07) is 0. The number of carbonyl (C=O) groups is 3. The fourth-order valence-corrected chi connectivity index (χ4v) is 6.81. The van der Waals surface area contributed by atoms with Crippen LogP contribution in [0.2, 0.25) is 0 Å². The first kappa shape index (κ1) is 61.1. The zero-order valence-corrected chi connectivity index (χ0v) is 42.0. The number of unbranched alkanes of at least 4 members (excludes halogenated alkanes) is 18. The van der Waals surface area contributed by atoms with E-state index in [1.54, 1.807) is 6.08 Å². The van der Waals surface area contributed by atoms with E-state index in [2.05, 4.69) is 118 Å². The number of hydrogen-bond acceptors (Lipinski definition) is 6. The van der Waals surface area contributed by atoms with Gasteiger partial charge in [0.25, 0.3) is 0 Å². The van der Waals surface area contributed by atoms with Gasteiger partial charge in [0.2, 0.25) is 0 Å². The van der Waals surface area contributed by atoms with Crippen LogP contribution in [-0.2, 0) is 28.6 Å². The van der Waals surface area contributed by atoms with Crippen molar-refractivity contribution in [1.82, 2.24) is 0 Å². The highest BCUT2D eigenvalue weighted by Crippen LogP contribution is 2.12. The van der Waals surface area contributed by atoms with Crippen LogP contribution in [0.25, 0.3) is 0 Å². The maximum absolute atomic E-state index is 12.7. The molecule has 0 spiro atoms. The normalized spacial score (nSPS) is 13.0. The Morgan fingerprint density at radius 1 is 0.338 bits per heavy atom. The summed E-state index contributed by atoms with van der Waals surface area (Å²) in [5.74, 6) is -1.08. The molecule has 0 aromatic heterocycles. The van der Waals surface area contributed by atoms with Crippen molar-refractivity contribution in [2.45, 2.75) is 232 Å². The lowest BCUT2D eigenvalue weighted by Crippen LogP contribution is -2.30. The van der Waals surface area contributed by atoms with E-state index in [-0.39, 0.29) is 31.6 Å². The summed E-state index contributed by atoms with van der Waals surface area (Å²) in [6.07, 6.45) is 70.9. The lowest BCUT2D eigenvalue weighted by molar-refractivity contribution is -0.166. The summed E-state index contributed by atoms with van der Waals surface area (Å²) in [5, 5.41) is 0. The molecule has 6 heteroatoms. The fourth-order valence-electron chi connectivity index (χ4n) is 6.81. The molecule has 0 aromatic rings. The molecule has 0 saturated carbocycles. The smallest absolute Gasteiger partial charge is 0.310 e. The molecule has 0 aliphatic rings. The second-order valence-corrected chi connectivity index (χ2v) is 17.1. The number of esters is 3. The van der Waals surface area contributed by atoms with Crippen molar-refractivity contribution in [3.05, 3.63) is 109 Å². The molecular weight excluding hydrogens is 805 g/mol. The van der Waals surface area contributed by atoms with E-state index in [0.29, 0.717) is 19.3 Å². The third-order valence-electron chi connectivity index (χ3n) is 10.8. The van der Waals surface area contributed by atoms with Crippen molar-refractivity contribution in [3.8, 4) is 0 Å². The van der Waals surface area contributed by atoms with Gasteiger partial charge in [-0.3, -0.25) is 14.4 Å². The van der Waals surface area contributed by atoms with Crippen molar-refractivity contribution < 1.29 is 28.6 Å². The van der Waals surface area contributed by atoms with Crippen LogP contribution < -0.4 is 0 Å². The van der Waals surface area contributed by atoms with Crippen LogP contribution in [0.1, 0.15) is 226 Å². The SMILES string of the molecule is CC/C=C\C/C=C\C/C=C\C/C=C\C/C=C\CC(=O)OC(COC(=O)CCCCCCC/C=C\CCCCCC)COC(=O)CCCCCCCC/C=C\C/C=C\C/C=C\CCCCC. The molecule has 1 unspecified atom stereocenters. The van der Waals surface area contributed by atoms with Crippen LogP contribution >= 0.6 is 0 Å². The predicted octanol–water partition coefficient (Wildman–Crippen LogP) is 17.5. The van der Waals surface area contributed by atoms with Gasteiger partial charge in [-0.2, -0.15) is 0 Å². The van der Waals surface area contributed by atoms with E-state index >= 15 is 0 Å². The molecule has 0 aliphatic heterocycles. The molecule has 0 heterocycles. The molecule has 0 bridgehead atoms. The number of ether oxygens (including phenoxy) is 3. The van der Waals surface area contributed by atoms with Crippen LogP contribution in [0.4, 0.5) is 0 Å². The van der Waals surface area contributed by atoms with Crippen molar-refractivity contribution in [3.63, 3.8) is 0 Å². The molecule has 1 atom stereocenters. The molecule has 0 aliphatic carbocycles. The highest BCUT2D eigenvalue weighted by atomic mass is 16.6. The summed E-state index contributed by atoms with van der Waals surface area (Å²) >= 11 is 0. The Kier molecular flexibility index (Phi) is 49.5. The summed E-state index contributed by atoms with van der Waals surface area (Å²) in [7, 11) is 0. The average molecular weight is 901 g/mol. The second kappa shape index (κ2) is 52.7. The maximum atomic E-state index is 12.7. The highest BCUT2D eigenvalue weighted by Gasteiger charge is 2.19. The van der Waals surface area contributed by atoms with E-state index < -0.39 is 12.1 Å². The molecule has 65 heavy (non-hydrogen) atoms. The third kappa shape index (κ3) is 50.9. The first-order valence-corrected chi connectivity index (χ1v) is 26.4. The van der Waals surface area contributed by atoms with Crippen LogP contribution in [-0.4, -0.2) is 37.2 Å². The van der Waals surface area contributed by atoms with Gasteiger partial charge in [0.1, 0.15) is 13.2 Å². The van der Waals surface area contributed by atoms with Gasteiger partial charge in [-0.25, -0.2) is 0 Å². The van der Waals surface area contributed by atoms with Crippen LogP contribution in [0, 0.1) is 0 Å². The van der Waals surface area contributed by atoms with Gasteiger partial charge in [0.05, 0.1) is 6.42 Å². The standard InChI is InChI=1S/C59H96O6/c1-4-7-10-13-16-19-22-25-27-28-29-30-32-34-37-40-43-46-49-52-58(61)64-55-56(54-63-57(60)51-48-45-42-39-36-33-24-21-18-15-12-9-6-3)65-59(62)53-50-47-44-41-38-35-31-26-23-20-17-14-11-8-5-2/h8,11,16-17,19-21,24-27,29-31,38,41,47,50,56H,4-7,9-10,12-15,18,22-23,28,32-37,39-40,42-46,48-49,51-55H2,1-3H3/b11-8-,19-16-,20-17-,24-21-,27-25-,30-29-,31-26-,41-38-,50-47-. The van der Waals surface area contributed by atoms with Gasteiger partial charge in [-0.15, -0.1) is 0 Å². The van der Waals surface area contributed by atoms with E-state index in [1.165, 1.54) is 77.0 Å². The van der Waals surface area contributed by atoms with E-state index in [4.69, 9.17) is 14.2 Å². The largest absolute Gasteiger partial charge is 0.462 e. The lowest BCUT2D eigenvalue weighted by Gasteiger charge is -2.18. The van der Waals surface area contributed by atoms with Crippen molar-refractivity contribution in [2.24, 2.45) is 0 Å². The maximum Gasteiger partial charge on any atom is 0.310 e. The van der Waals surface area contributed by atoms with Crippen LogP contribution in [0.3, 0.4) is 0 Å².